The van der Waals surface area contributed by atoms with Gasteiger partial charge in [0.15, 0.2) is 0 Å². The van der Waals surface area contributed by atoms with E-state index in [1.807, 2.05) is 72.8 Å². The number of anilines is 2. The fraction of sp³-hybridized carbons (Fsp3) is 0.176. The zero-order valence-corrected chi connectivity index (χ0v) is 24.5. The van der Waals surface area contributed by atoms with E-state index < -0.39 is 5.91 Å². The maximum absolute atomic E-state index is 13.2. The molecule has 10 heteroatoms. The zero-order valence-electron chi connectivity index (χ0n) is 24.5. The van der Waals surface area contributed by atoms with E-state index in [9.17, 15) is 14.4 Å². The van der Waals surface area contributed by atoms with Crippen LogP contribution in [-0.4, -0.2) is 57.4 Å². The lowest BCUT2D eigenvalue weighted by Crippen LogP contribution is -2.40. The van der Waals surface area contributed by atoms with E-state index in [0.29, 0.717) is 54.8 Å². The maximum Gasteiger partial charge on any atom is 0.284 e. The highest BCUT2D eigenvalue weighted by Crippen LogP contribution is 2.31. The average Bonchev–Trinajstić information content (AvgIpc) is 3.29. The number of nitrogen functional groups attached to an aromatic ring is 1. The molecule has 0 atom stereocenters. The highest BCUT2D eigenvalue weighted by Gasteiger charge is 2.22. The lowest BCUT2D eigenvalue weighted by Gasteiger charge is -2.26. The van der Waals surface area contributed by atoms with E-state index in [4.69, 9.17) is 10.5 Å². The van der Waals surface area contributed by atoms with Crippen molar-refractivity contribution in [1.29, 1.82) is 0 Å². The van der Waals surface area contributed by atoms with Crippen LogP contribution in [0.3, 0.4) is 0 Å². The number of benzene rings is 3. The Morgan fingerprint density at radius 3 is 2.23 bits per heavy atom. The van der Waals surface area contributed by atoms with Gasteiger partial charge in [-0.25, -0.2) is 9.67 Å². The highest BCUT2D eigenvalue weighted by molar-refractivity contribution is 6.05. The maximum atomic E-state index is 13.2. The van der Waals surface area contributed by atoms with Crippen LogP contribution in [0.25, 0.3) is 27.9 Å². The summed E-state index contributed by atoms with van der Waals surface area (Å²) in [4.78, 5) is 45.5. The molecule has 0 radical (unpaired) electrons. The van der Waals surface area contributed by atoms with E-state index in [-0.39, 0.29) is 17.0 Å². The van der Waals surface area contributed by atoms with Gasteiger partial charge in [0, 0.05) is 48.7 Å². The van der Waals surface area contributed by atoms with Gasteiger partial charge in [0.1, 0.15) is 11.4 Å². The Bertz CT molecular complexity index is 1890. The number of ether oxygens (including phenoxy) is 1. The van der Waals surface area contributed by atoms with Crippen LogP contribution < -0.4 is 16.6 Å². The van der Waals surface area contributed by atoms with Crippen LogP contribution in [0, 0.1) is 6.92 Å². The van der Waals surface area contributed by atoms with E-state index in [1.54, 1.807) is 41.9 Å². The Labute approximate surface area is 254 Å². The first kappa shape index (κ1) is 28.6. The van der Waals surface area contributed by atoms with Crippen molar-refractivity contribution < 1.29 is 14.3 Å². The van der Waals surface area contributed by atoms with Crippen LogP contribution in [0.4, 0.5) is 11.5 Å². The number of pyridine rings is 1. The summed E-state index contributed by atoms with van der Waals surface area (Å²) in [5.74, 6) is -0.122. The van der Waals surface area contributed by atoms with Crippen LogP contribution >= 0.6 is 0 Å². The topological polar surface area (TPSA) is 124 Å². The molecule has 0 spiro atoms. The van der Waals surface area contributed by atoms with Crippen molar-refractivity contribution >= 4 is 23.3 Å². The number of hydrogen-bond acceptors (Lipinski definition) is 6. The molecule has 3 heterocycles. The Hall–Kier alpha value is -5.48. The first-order chi connectivity index (χ1) is 21.3. The van der Waals surface area contributed by atoms with Gasteiger partial charge in [-0.15, -0.1) is 0 Å². The molecule has 6 rings (SSSR count). The summed E-state index contributed by atoms with van der Waals surface area (Å²) in [6.07, 6.45) is 1.71. The Morgan fingerprint density at radius 2 is 1.55 bits per heavy atom. The summed E-state index contributed by atoms with van der Waals surface area (Å²) in [6, 6.07) is 25.8. The number of nitrogens with one attached hydrogen (secondary N) is 1. The molecule has 10 nitrogen and oxygen atoms in total. The van der Waals surface area contributed by atoms with Crippen molar-refractivity contribution in [3.8, 4) is 27.9 Å². The molecule has 1 fully saturated rings. The predicted molar refractivity (Wildman–Crippen MR) is 170 cm³/mol. The van der Waals surface area contributed by atoms with Gasteiger partial charge in [-0.2, -0.15) is 0 Å². The molecule has 0 aliphatic carbocycles. The molecule has 1 aliphatic heterocycles. The lowest BCUT2D eigenvalue weighted by molar-refractivity contribution is 0.0303. The molecule has 2 aromatic heterocycles. The van der Waals surface area contributed by atoms with Gasteiger partial charge in [0.2, 0.25) is 0 Å². The largest absolute Gasteiger partial charge is 0.383 e. The van der Waals surface area contributed by atoms with Crippen LogP contribution in [0.5, 0.6) is 0 Å². The molecular formula is C34H32N6O4. The summed E-state index contributed by atoms with van der Waals surface area (Å²) < 4.78 is 8.50. The summed E-state index contributed by atoms with van der Waals surface area (Å²) in [7, 11) is 1.75. The number of hydrogen-bond donors (Lipinski definition) is 2. The molecule has 1 saturated heterocycles. The number of nitrogens with zero attached hydrogens (tertiary/aromatic N) is 4. The van der Waals surface area contributed by atoms with E-state index >= 15 is 0 Å². The second-order valence-corrected chi connectivity index (χ2v) is 10.6. The molecular weight excluding hydrogens is 556 g/mol. The molecule has 0 unspecified atom stereocenters. The minimum atomic E-state index is -0.482. The summed E-state index contributed by atoms with van der Waals surface area (Å²) in [5, 5.41) is 2.85. The monoisotopic (exact) mass is 588 g/mol. The molecule has 1 aliphatic rings. The second kappa shape index (κ2) is 12.0. The third-order valence-electron chi connectivity index (χ3n) is 7.92. The van der Waals surface area contributed by atoms with Gasteiger partial charge in [-0.05, 0) is 60.5 Å². The van der Waals surface area contributed by atoms with Gasteiger partial charge in [0.25, 0.3) is 17.4 Å². The fourth-order valence-electron chi connectivity index (χ4n) is 5.38. The number of aromatic nitrogens is 3. The third kappa shape index (κ3) is 5.50. The van der Waals surface area contributed by atoms with E-state index in [1.165, 1.54) is 4.68 Å². The van der Waals surface area contributed by atoms with Crippen molar-refractivity contribution in [2.45, 2.75) is 6.92 Å². The van der Waals surface area contributed by atoms with Gasteiger partial charge in [-0.3, -0.25) is 19.1 Å². The molecule has 3 aromatic carbocycles. The molecule has 0 saturated carbocycles. The zero-order chi connectivity index (χ0) is 30.8. The molecule has 5 aromatic rings. The molecule has 3 N–H and O–H groups in total. The standard InChI is InChI=1S/C34H32N6O4/c1-22-30(34(43)40(38(22)2)28-6-4-3-5-7-28)32(41)37-27-14-12-24(13-15-27)29-20-26(21-36-31(29)35)23-8-10-25(11-9-23)33(42)39-16-18-44-19-17-39/h3-15,20-21H,16-19H2,1-2H3,(H2,35,36)(H,37,41). The molecule has 2 amide bonds. The number of morpholine rings is 1. The smallest absolute Gasteiger partial charge is 0.284 e. The molecule has 222 valence electrons. The van der Waals surface area contributed by atoms with Gasteiger partial charge in [0.05, 0.1) is 24.6 Å². The fourth-order valence-corrected chi connectivity index (χ4v) is 5.38. The predicted octanol–water partition coefficient (Wildman–Crippen LogP) is 4.52. The number of carbonyl (C=O) groups is 2. The molecule has 0 bridgehead atoms. The summed E-state index contributed by atoms with van der Waals surface area (Å²) in [5.41, 5.74) is 11.7. The number of nitrogens with two attached hydrogens (primary N) is 1. The minimum absolute atomic E-state index is 0.00700. The number of rotatable bonds is 6. The van der Waals surface area contributed by atoms with Crippen molar-refractivity contribution in [3.05, 3.63) is 118 Å². The van der Waals surface area contributed by atoms with Crippen molar-refractivity contribution in [2.24, 2.45) is 7.05 Å². The Morgan fingerprint density at radius 1 is 0.886 bits per heavy atom. The normalized spacial score (nSPS) is 13.1. The van der Waals surface area contributed by atoms with Gasteiger partial charge < -0.3 is 20.7 Å². The number of amides is 2. The summed E-state index contributed by atoms with van der Waals surface area (Å²) in [6.45, 7) is 4.04. The van der Waals surface area contributed by atoms with Crippen LogP contribution in [0.15, 0.2) is 95.9 Å². The van der Waals surface area contributed by atoms with Gasteiger partial charge >= 0.3 is 0 Å². The van der Waals surface area contributed by atoms with Crippen molar-refractivity contribution in [1.82, 2.24) is 19.2 Å². The molecule has 44 heavy (non-hydrogen) atoms. The lowest BCUT2D eigenvalue weighted by atomic mass is 10.00. The van der Waals surface area contributed by atoms with Crippen LogP contribution in [0.1, 0.15) is 26.4 Å². The van der Waals surface area contributed by atoms with E-state index in [0.717, 1.165) is 22.3 Å². The Balaban J connectivity index is 1.20. The van der Waals surface area contributed by atoms with Crippen molar-refractivity contribution in [3.63, 3.8) is 0 Å². The second-order valence-electron chi connectivity index (χ2n) is 10.6. The van der Waals surface area contributed by atoms with Crippen molar-refractivity contribution in [2.75, 3.05) is 37.4 Å². The quantitative estimate of drug-likeness (QED) is 0.301. The van der Waals surface area contributed by atoms with E-state index in [2.05, 4.69) is 10.3 Å². The third-order valence-corrected chi connectivity index (χ3v) is 7.92. The first-order valence-corrected chi connectivity index (χ1v) is 14.3. The highest BCUT2D eigenvalue weighted by atomic mass is 16.5. The Kier molecular flexibility index (Phi) is 7.82. The van der Waals surface area contributed by atoms with Crippen LogP contribution in [-0.2, 0) is 11.8 Å². The number of para-hydroxylation sites is 1. The van der Waals surface area contributed by atoms with Crippen LogP contribution in [0.2, 0.25) is 0 Å². The minimum Gasteiger partial charge on any atom is -0.383 e. The SMILES string of the molecule is Cc1c(C(=O)Nc2ccc(-c3cc(-c4ccc(C(=O)N5CCOCC5)cc4)cnc3N)cc2)c(=O)n(-c2ccccc2)n1C. The number of carbonyl (C=O) groups excluding carboxylic acids is 2. The van der Waals surface area contributed by atoms with Gasteiger partial charge in [-0.1, -0.05) is 42.5 Å². The first-order valence-electron chi connectivity index (χ1n) is 14.3. The average molecular weight is 589 g/mol. The summed E-state index contributed by atoms with van der Waals surface area (Å²) >= 11 is 0.